The lowest BCUT2D eigenvalue weighted by Crippen LogP contribution is -2.42. The molecule has 25 heavy (non-hydrogen) atoms. The highest BCUT2D eigenvalue weighted by molar-refractivity contribution is 9.10. The third kappa shape index (κ3) is 2.47. The predicted molar refractivity (Wildman–Crippen MR) is 98.7 cm³/mol. The Hall–Kier alpha value is -1.62. The molecular formula is C20H21BrN2O2. The van der Waals surface area contributed by atoms with E-state index in [0.717, 1.165) is 35.8 Å². The Labute approximate surface area is 155 Å². The molecule has 4 nitrogen and oxygen atoms in total. The first kappa shape index (κ1) is 15.6. The van der Waals surface area contributed by atoms with Gasteiger partial charge in [-0.1, -0.05) is 28.1 Å². The fraction of sp³-hybridized carbons (Fsp3) is 0.500. The number of carbonyl (C=O) groups is 2. The topological polar surface area (TPSA) is 58.2 Å². The molecule has 4 aliphatic carbocycles. The first-order valence-corrected chi connectivity index (χ1v) is 9.93. The van der Waals surface area contributed by atoms with E-state index in [1.54, 1.807) is 0 Å². The summed E-state index contributed by atoms with van der Waals surface area (Å²) in [5.41, 5.74) is 0.971. The average Bonchev–Trinajstić information content (AvgIpc) is 3.49. The molecule has 0 unspecified atom stereocenters. The van der Waals surface area contributed by atoms with Gasteiger partial charge in [-0.15, -0.1) is 0 Å². The van der Waals surface area contributed by atoms with Gasteiger partial charge in [-0.05, 0) is 67.2 Å². The van der Waals surface area contributed by atoms with Gasteiger partial charge in [0, 0.05) is 16.2 Å². The largest absolute Gasteiger partial charge is 0.353 e. The van der Waals surface area contributed by atoms with Crippen molar-refractivity contribution < 1.29 is 9.59 Å². The van der Waals surface area contributed by atoms with Crippen LogP contribution in [0, 0.1) is 29.1 Å². The molecule has 1 spiro atoms. The van der Waals surface area contributed by atoms with E-state index in [1.807, 2.05) is 24.3 Å². The minimum absolute atomic E-state index is 0.0126. The standard InChI is InChI=1S/C20H21BrN2O2/c21-11-1-3-12(4-2-11)22-18(24)16-14-7-8-15(20(14)9-10-20)17(16)19(25)23-13-5-6-13/h1-4,7-8,13-17H,5-6,9-10H2,(H,22,24)(H,23,25)/t14-,15+,16+,17+/m0/s1. The maximum atomic E-state index is 13.1. The lowest BCUT2D eigenvalue weighted by atomic mass is 9.81. The Bertz CT molecular complexity index is 764. The van der Waals surface area contributed by atoms with Crippen molar-refractivity contribution in [2.75, 3.05) is 5.32 Å². The van der Waals surface area contributed by atoms with Crippen molar-refractivity contribution in [2.45, 2.75) is 31.7 Å². The van der Waals surface area contributed by atoms with Gasteiger partial charge in [0.05, 0.1) is 11.8 Å². The molecule has 0 radical (unpaired) electrons. The van der Waals surface area contributed by atoms with Crippen molar-refractivity contribution in [3.63, 3.8) is 0 Å². The SMILES string of the molecule is O=C(NC1CC1)[C@H]1[C@H](C(=O)Nc2ccc(Br)cc2)[C@@H]2C=C[C@H]1C21CC1. The van der Waals surface area contributed by atoms with E-state index >= 15 is 0 Å². The van der Waals surface area contributed by atoms with E-state index in [2.05, 4.69) is 38.7 Å². The second-order valence-corrected chi connectivity index (χ2v) is 8.92. The summed E-state index contributed by atoms with van der Waals surface area (Å²) in [4.78, 5) is 26.0. The van der Waals surface area contributed by atoms with Crippen LogP contribution in [-0.4, -0.2) is 17.9 Å². The van der Waals surface area contributed by atoms with Gasteiger partial charge in [0.2, 0.25) is 11.8 Å². The van der Waals surface area contributed by atoms with Gasteiger partial charge >= 0.3 is 0 Å². The van der Waals surface area contributed by atoms with E-state index in [0.29, 0.717) is 6.04 Å². The fourth-order valence-electron chi connectivity index (χ4n) is 4.99. The summed E-state index contributed by atoms with van der Waals surface area (Å²) in [6, 6.07) is 7.93. The maximum Gasteiger partial charge on any atom is 0.228 e. The lowest BCUT2D eigenvalue weighted by molar-refractivity contribution is -0.133. The number of anilines is 1. The van der Waals surface area contributed by atoms with Crippen LogP contribution in [0.3, 0.4) is 0 Å². The smallest absolute Gasteiger partial charge is 0.228 e. The first-order chi connectivity index (χ1) is 12.1. The molecule has 0 saturated heterocycles. The van der Waals surface area contributed by atoms with Crippen molar-refractivity contribution in [1.82, 2.24) is 5.32 Å². The quantitative estimate of drug-likeness (QED) is 0.759. The number of benzene rings is 1. The summed E-state index contributed by atoms with van der Waals surface area (Å²) < 4.78 is 0.979. The van der Waals surface area contributed by atoms with E-state index in [9.17, 15) is 9.59 Å². The number of nitrogens with one attached hydrogen (secondary N) is 2. The Morgan fingerprint density at radius 2 is 1.56 bits per heavy atom. The van der Waals surface area contributed by atoms with Crippen LogP contribution in [-0.2, 0) is 9.59 Å². The molecule has 130 valence electrons. The highest BCUT2D eigenvalue weighted by Crippen LogP contribution is 2.72. The molecule has 1 aromatic carbocycles. The van der Waals surface area contributed by atoms with Crippen LogP contribution in [0.1, 0.15) is 25.7 Å². The fourth-order valence-corrected chi connectivity index (χ4v) is 5.26. The lowest BCUT2D eigenvalue weighted by Gasteiger charge is -2.26. The molecule has 2 N–H and O–H groups in total. The van der Waals surface area contributed by atoms with Gasteiger partial charge < -0.3 is 10.6 Å². The van der Waals surface area contributed by atoms with Gasteiger partial charge in [-0.2, -0.15) is 0 Å². The monoisotopic (exact) mass is 400 g/mol. The molecule has 0 aliphatic heterocycles. The first-order valence-electron chi connectivity index (χ1n) is 9.14. The molecule has 0 aromatic heterocycles. The Morgan fingerprint density at radius 1 is 0.960 bits per heavy atom. The zero-order chi connectivity index (χ0) is 17.2. The van der Waals surface area contributed by atoms with E-state index in [4.69, 9.17) is 0 Å². The molecule has 2 amide bonds. The second kappa shape index (κ2) is 5.44. The number of amides is 2. The summed E-state index contributed by atoms with van der Waals surface area (Å²) in [5.74, 6) is 0.0521. The normalized spacial score (nSPS) is 33.5. The molecule has 1 aromatic rings. The molecule has 5 heteroatoms. The molecule has 3 fully saturated rings. The second-order valence-electron chi connectivity index (χ2n) is 8.00. The van der Waals surface area contributed by atoms with Crippen LogP contribution in [0.25, 0.3) is 0 Å². The third-order valence-corrected chi connectivity index (χ3v) is 7.01. The minimum Gasteiger partial charge on any atom is -0.353 e. The summed E-state index contributed by atoms with van der Waals surface area (Å²) in [5, 5.41) is 6.19. The van der Waals surface area contributed by atoms with Crippen molar-refractivity contribution >= 4 is 33.4 Å². The zero-order valence-corrected chi connectivity index (χ0v) is 15.5. The van der Waals surface area contributed by atoms with E-state index < -0.39 is 0 Å². The molecule has 4 aliphatic rings. The number of allylic oxidation sites excluding steroid dienone is 2. The molecule has 4 atom stereocenters. The zero-order valence-electron chi connectivity index (χ0n) is 13.9. The van der Waals surface area contributed by atoms with Gasteiger partial charge in [0.1, 0.15) is 0 Å². The number of hydrogen-bond donors (Lipinski definition) is 2. The summed E-state index contributed by atoms with van der Waals surface area (Å²) >= 11 is 3.41. The third-order valence-electron chi connectivity index (χ3n) is 6.48. The number of rotatable bonds is 4. The highest BCUT2D eigenvalue weighted by Gasteiger charge is 2.69. The van der Waals surface area contributed by atoms with Crippen molar-refractivity contribution in [3.8, 4) is 0 Å². The average molecular weight is 401 g/mol. The van der Waals surface area contributed by atoms with Gasteiger partial charge in [0.15, 0.2) is 0 Å². The van der Waals surface area contributed by atoms with Crippen LogP contribution < -0.4 is 10.6 Å². The Balaban J connectivity index is 1.41. The Kier molecular flexibility index (Phi) is 3.40. The summed E-state index contributed by atoms with van der Waals surface area (Å²) in [7, 11) is 0. The van der Waals surface area contributed by atoms with Crippen LogP contribution in [0.2, 0.25) is 0 Å². The molecule has 5 rings (SSSR count). The summed E-state index contributed by atoms with van der Waals surface area (Å²) in [6.07, 6.45) is 8.84. The molecule has 2 bridgehead atoms. The molecular weight excluding hydrogens is 380 g/mol. The summed E-state index contributed by atoms with van der Waals surface area (Å²) in [6.45, 7) is 0. The van der Waals surface area contributed by atoms with Crippen LogP contribution >= 0.6 is 15.9 Å². The van der Waals surface area contributed by atoms with Crippen molar-refractivity contribution in [1.29, 1.82) is 0 Å². The van der Waals surface area contributed by atoms with E-state index in [1.165, 1.54) is 0 Å². The highest BCUT2D eigenvalue weighted by atomic mass is 79.9. The number of carbonyl (C=O) groups excluding carboxylic acids is 2. The van der Waals surface area contributed by atoms with Crippen LogP contribution in [0.15, 0.2) is 40.9 Å². The van der Waals surface area contributed by atoms with Crippen LogP contribution in [0.4, 0.5) is 5.69 Å². The Morgan fingerprint density at radius 3 is 2.12 bits per heavy atom. The maximum absolute atomic E-state index is 13.1. The molecule has 3 saturated carbocycles. The van der Waals surface area contributed by atoms with Gasteiger partial charge in [-0.25, -0.2) is 0 Å². The van der Waals surface area contributed by atoms with Crippen molar-refractivity contribution in [2.24, 2.45) is 29.1 Å². The van der Waals surface area contributed by atoms with Gasteiger partial charge in [-0.3, -0.25) is 9.59 Å². The molecule has 0 heterocycles. The van der Waals surface area contributed by atoms with Crippen molar-refractivity contribution in [3.05, 3.63) is 40.9 Å². The van der Waals surface area contributed by atoms with Gasteiger partial charge in [0.25, 0.3) is 0 Å². The number of halogens is 1. The van der Waals surface area contributed by atoms with E-state index in [-0.39, 0.29) is 40.9 Å². The predicted octanol–water partition coefficient (Wildman–Crippen LogP) is 3.49. The van der Waals surface area contributed by atoms with Crippen LogP contribution in [0.5, 0.6) is 0 Å². The minimum atomic E-state index is -0.250. The number of hydrogen-bond acceptors (Lipinski definition) is 2.